The number of nitrogens with zero attached hydrogens (tertiary/aromatic N) is 4. The van der Waals surface area contributed by atoms with Crippen LogP contribution in [0.1, 0.15) is 19.7 Å². The minimum absolute atomic E-state index is 0.117. The molecule has 15 heavy (non-hydrogen) atoms. The van der Waals surface area contributed by atoms with Gasteiger partial charge in [0.25, 0.3) is 5.91 Å². The first-order valence-corrected chi connectivity index (χ1v) is 4.76. The van der Waals surface area contributed by atoms with Gasteiger partial charge in [0.15, 0.2) is 5.82 Å². The van der Waals surface area contributed by atoms with Gasteiger partial charge < -0.3 is 4.52 Å². The van der Waals surface area contributed by atoms with E-state index in [1.807, 2.05) is 13.8 Å². The van der Waals surface area contributed by atoms with Crippen LogP contribution < -0.4 is 4.90 Å². The van der Waals surface area contributed by atoms with E-state index in [1.54, 1.807) is 6.92 Å². The molecule has 1 unspecified atom stereocenters. The molecule has 0 N–H and O–H groups in total. The van der Waals surface area contributed by atoms with E-state index < -0.39 is 0 Å². The molecule has 1 atom stereocenters. The summed E-state index contributed by atoms with van der Waals surface area (Å²) >= 11 is 0. The molecule has 2 heterocycles. The fourth-order valence-corrected chi connectivity index (χ4v) is 1.39. The summed E-state index contributed by atoms with van der Waals surface area (Å²) in [7, 11) is 0. The van der Waals surface area contributed by atoms with Crippen molar-refractivity contribution >= 4 is 18.3 Å². The normalized spacial score (nSPS) is 20.7. The quantitative estimate of drug-likeness (QED) is 0.719. The lowest BCUT2D eigenvalue weighted by Gasteiger charge is -2.11. The van der Waals surface area contributed by atoms with Crippen molar-refractivity contribution in [2.24, 2.45) is 10.9 Å². The third-order valence-electron chi connectivity index (χ3n) is 2.19. The van der Waals surface area contributed by atoms with E-state index in [0.29, 0.717) is 5.82 Å². The monoisotopic (exact) mass is 208 g/mol. The zero-order valence-corrected chi connectivity index (χ0v) is 8.84. The van der Waals surface area contributed by atoms with Crippen LogP contribution in [0.25, 0.3) is 0 Å². The van der Waals surface area contributed by atoms with Gasteiger partial charge in [-0.2, -0.15) is 4.98 Å². The van der Waals surface area contributed by atoms with Gasteiger partial charge in [0, 0.05) is 0 Å². The number of hydrogen-bond donors (Lipinski definition) is 0. The van der Waals surface area contributed by atoms with Gasteiger partial charge in [-0.05, 0) is 12.8 Å². The molecule has 1 aromatic heterocycles. The van der Waals surface area contributed by atoms with Crippen LogP contribution in [-0.4, -0.2) is 28.4 Å². The van der Waals surface area contributed by atoms with Gasteiger partial charge in [-0.25, -0.2) is 4.90 Å². The highest BCUT2D eigenvalue weighted by molar-refractivity contribution is 6.13. The number of aryl methyl sites for hydroxylation is 1. The minimum Gasteiger partial charge on any atom is -0.314 e. The first-order valence-electron chi connectivity index (χ1n) is 4.76. The van der Waals surface area contributed by atoms with E-state index in [4.69, 9.17) is 4.52 Å². The predicted octanol–water partition coefficient (Wildman–Crippen LogP) is 0.778. The van der Waals surface area contributed by atoms with E-state index in [1.165, 1.54) is 11.2 Å². The number of aliphatic imine (C=N–C) groups is 1. The van der Waals surface area contributed by atoms with Crippen molar-refractivity contribution in [2.75, 3.05) is 4.90 Å². The molecule has 0 fully saturated rings. The highest BCUT2D eigenvalue weighted by atomic mass is 16.5. The average Bonchev–Trinajstić information content (AvgIpc) is 2.71. The number of aromatic nitrogens is 2. The molecule has 1 aromatic rings. The molecule has 0 saturated heterocycles. The van der Waals surface area contributed by atoms with Crippen LogP contribution >= 0.6 is 0 Å². The van der Waals surface area contributed by atoms with E-state index in [0.717, 1.165) is 0 Å². The second kappa shape index (κ2) is 3.45. The van der Waals surface area contributed by atoms with Gasteiger partial charge in [-0.1, -0.05) is 19.0 Å². The summed E-state index contributed by atoms with van der Waals surface area (Å²) in [6, 6.07) is -0.151. The number of hydrogen-bond acceptors (Lipinski definition) is 5. The summed E-state index contributed by atoms with van der Waals surface area (Å²) < 4.78 is 4.90. The van der Waals surface area contributed by atoms with Crippen LogP contribution in [0.15, 0.2) is 9.52 Å². The molecule has 6 heteroatoms. The molecule has 0 aromatic carbocycles. The van der Waals surface area contributed by atoms with Gasteiger partial charge in [0.1, 0.15) is 12.4 Å². The number of amides is 1. The lowest BCUT2D eigenvalue weighted by molar-refractivity contribution is -0.119. The highest BCUT2D eigenvalue weighted by Crippen LogP contribution is 2.19. The smallest absolute Gasteiger partial charge is 0.314 e. The fourth-order valence-electron chi connectivity index (χ4n) is 1.39. The Morgan fingerprint density at radius 1 is 1.53 bits per heavy atom. The largest absolute Gasteiger partial charge is 0.336 e. The average molecular weight is 208 g/mol. The standard InChI is InChI=1S/C9H12N4O2/c1-5(2)7-8(14)13(4-10-7)9-11-6(3)12-15-9/h4-5,7H,1-3H3. The van der Waals surface area contributed by atoms with Crippen LogP contribution in [0, 0.1) is 12.8 Å². The SMILES string of the molecule is Cc1noc(N2C=NC(C(C)C)C2=O)n1. The Morgan fingerprint density at radius 3 is 2.73 bits per heavy atom. The van der Waals surface area contributed by atoms with Crippen molar-refractivity contribution in [2.45, 2.75) is 26.8 Å². The molecule has 0 spiro atoms. The molecule has 0 bridgehead atoms. The summed E-state index contributed by atoms with van der Waals surface area (Å²) in [5, 5.41) is 3.62. The van der Waals surface area contributed by atoms with Gasteiger partial charge in [0.05, 0.1) is 0 Å². The van der Waals surface area contributed by atoms with Gasteiger partial charge >= 0.3 is 6.01 Å². The van der Waals surface area contributed by atoms with Crippen molar-refractivity contribution in [3.8, 4) is 0 Å². The van der Waals surface area contributed by atoms with E-state index in [-0.39, 0.29) is 23.9 Å². The maximum Gasteiger partial charge on any atom is 0.336 e. The predicted molar refractivity (Wildman–Crippen MR) is 53.6 cm³/mol. The lowest BCUT2D eigenvalue weighted by Crippen LogP contribution is -2.33. The van der Waals surface area contributed by atoms with Crippen molar-refractivity contribution in [3.05, 3.63) is 5.82 Å². The Morgan fingerprint density at radius 2 is 2.27 bits per heavy atom. The maximum atomic E-state index is 11.8. The van der Waals surface area contributed by atoms with Gasteiger partial charge in [-0.3, -0.25) is 9.79 Å². The first kappa shape index (κ1) is 9.82. The van der Waals surface area contributed by atoms with Crippen molar-refractivity contribution in [1.29, 1.82) is 0 Å². The lowest BCUT2D eigenvalue weighted by atomic mass is 10.1. The zero-order valence-electron chi connectivity index (χ0n) is 8.84. The third kappa shape index (κ3) is 1.62. The van der Waals surface area contributed by atoms with Gasteiger partial charge in [-0.15, -0.1) is 0 Å². The molecule has 0 aliphatic carbocycles. The van der Waals surface area contributed by atoms with Crippen LogP contribution in [0.2, 0.25) is 0 Å². The first-order chi connectivity index (χ1) is 7.09. The number of anilines is 1. The van der Waals surface area contributed by atoms with E-state index in [2.05, 4.69) is 15.1 Å². The molecular weight excluding hydrogens is 196 g/mol. The van der Waals surface area contributed by atoms with Gasteiger partial charge in [0.2, 0.25) is 0 Å². The van der Waals surface area contributed by atoms with Crippen LogP contribution in [-0.2, 0) is 4.79 Å². The van der Waals surface area contributed by atoms with Crippen LogP contribution in [0.5, 0.6) is 0 Å². The molecule has 1 aliphatic rings. The Hall–Kier alpha value is -1.72. The Labute approximate surface area is 87.0 Å². The molecule has 1 aliphatic heterocycles. The van der Waals surface area contributed by atoms with E-state index >= 15 is 0 Å². The molecule has 1 amide bonds. The van der Waals surface area contributed by atoms with Crippen molar-refractivity contribution in [1.82, 2.24) is 10.1 Å². The number of rotatable bonds is 2. The Balaban J connectivity index is 2.21. The van der Waals surface area contributed by atoms with Crippen LogP contribution in [0.4, 0.5) is 6.01 Å². The summed E-state index contributed by atoms with van der Waals surface area (Å²) in [5.74, 6) is 0.551. The van der Waals surface area contributed by atoms with Crippen molar-refractivity contribution < 1.29 is 9.32 Å². The molecule has 6 nitrogen and oxygen atoms in total. The highest BCUT2D eigenvalue weighted by Gasteiger charge is 2.34. The molecule has 80 valence electrons. The second-order valence-electron chi connectivity index (χ2n) is 3.79. The summed E-state index contributed by atoms with van der Waals surface area (Å²) in [6.07, 6.45) is 1.44. The van der Waals surface area contributed by atoms with Crippen LogP contribution in [0.3, 0.4) is 0 Å². The minimum atomic E-state index is -0.336. The Kier molecular flexibility index (Phi) is 2.26. The summed E-state index contributed by atoms with van der Waals surface area (Å²) in [4.78, 5) is 21.2. The second-order valence-corrected chi connectivity index (χ2v) is 3.79. The summed E-state index contributed by atoms with van der Waals surface area (Å²) in [5.41, 5.74) is 0. The van der Waals surface area contributed by atoms with Crippen molar-refractivity contribution in [3.63, 3.8) is 0 Å². The summed E-state index contributed by atoms with van der Waals surface area (Å²) in [6.45, 7) is 5.59. The Bertz CT molecular complexity index is 410. The topological polar surface area (TPSA) is 71.6 Å². The molecule has 2 rings (SSSR count). The number of carbonyl (C=O) groups excluding carboxylic acids is 1. The maximum absolute atomic E-state index is 11.8. The number of carbonyl (C=O) groups is 1. The molecule has 0 radical (unpaired) electrons. The van der Waals surface area contributed by atoms with E-state index in [9.17, 15) is 4.79 Å². The zero-order chi connectivity index (χ0) is 11.0. The fraction of sp³-hybridized carbons (Fsp3) is 0.556. The molecule has 0 saturated carbocycles. The molecular formula is C9H12N4O2. The third-order valence-corrected chi connectivity index (χ3v) is 2.19.